The van der Waals surface area contributed by atoms with E-state index in [9.17, 15) is 18.0 Å². The maximum atomic E-state index is 12.9. The molecule has 2 N–H and O–H groups in total. The Balaban J connectivity index is 1.74. The van der Waals surface area contributed by atoms with Gasteiger partial charge < -0.3 is 10.6 Å². The molecule has 0 spiro atoms. The summed E-state index contributed by atoms with van der Waals surface area (Å²) in [6.07, 6.45) is -0.180. The van der Waals surface area contributed by atoms with Gasteiger partial charge >= 0.3 is 0 Å². The number of amides is 2. The third-order valence-electron chi connectivity index (χ3n) is 4.31. The highest BCUT2D eigenvalue weighted by atomic mass is 79.9. The SMILES string of the molecule is Cc1ccc(NC(=O)C[C@H](C)S(=O)(=O)c2ccc3c(c2)NC(=O)CS3)c(Br)c1. The van der Waals surface area contributed by atoms with Crippen molar-refractivity contribution in [2.24, 2.45) is 0 Å². The van der Waals surface area contributed by atoms with Crippen LogP contribution in [0.15, 0.2) is 50.7 Å². The van der Waals surface area contributed by atoms with Crippen LogP contribution in [-0.2, 0) is 19.4 Å². The Hall–Kier alpha value is -1.84. The number of carbonyl (C=O) groups excluding carboxylic acids is 2. The summed E-state index contributed by atoms with van der Waals surface area (Å²) in [4.78, 5) is 24.8. The van der Waals surface area contributed by atoms with Gasteiger partial charge in [-0.15, -0.1) is 11.8 Å². The Labute approximate surface area is 176 Å². The molecule has 0 bridgehead atoms. The zero-order chi connectivity index (χ0) is 20.5. The molecule has 0 saturated heterocycles. The monoisotopic (exact) mass is 482 g/mol. The predicted molar refractivity (Wildman–Crippen MR) is 115 cm³/mol. The molecular formula is C19H19BrN2O4S2. The van der Waals surface area contributed by atoms with E-state index >= 15 is 0 Å². The summed E-state index contributed by atoms with van der Waals surface area (Å²) in [5.74, 6) is -0.241. The van der Waals surface area contributed by atoms with Crippen molar-refractivity contribution in [3.05, 3.63) is 46.4 Å². The molecule has 2 amide bonds. The highest BCUT2D eigenvalue weighted by Gasteiger charge is 2.27. The number of halogens is 1. The summed E-state index contributed by atoms with van der Waals surface area (Å²) >= 11 is 4.75. The molecule has 2 aromatic rings. The summed E-state index contributed by atoms with van der Waals surface area (Å²) in [6.45, 7) is 3.44. The molecule has 0 aliphatic carbocycles. The van der Waals surface area contributed by atoms with Gasteiger partial charge in [0.05, 0.1) is 27.3 Å². The molecule has 0 unspecified atom stereocenters. The van der Waals surface area contributed by atoms with Gasteiger partial charge in [-0.05, 0) is 65.7 Å². The fourth-order valence-electron chi connectivity index (χ4n) is 2.77. The highest BCUT2D eigenvalue weighted by molar-refractivity contribution is 9.10. The van der Waals surface area contributed by atoms with Gasteiger partial charge in [0.15, 0.2) is 9.84 Å². The quantitative estimate of drug-likeness (QED) is 0.671. The van der Waals surface area contributed by atoms with Gasteiger partial charge in [0.25, 0.3) is 0 Å². The van der Waals surface area contributed by atoms with Gasteiger partial charge in [-0.2, -0.15) is 0 Å². The van der Waals surface area contributed by atoms with Crippen LogP contribution in [0.4, 0.5) is 11.4 Å². The standard InChI is InChI=1S/C19H19BrN2O4S2/c1-11-3-5-15(14(20)7-11)21-18(23)8-12(2)28(25,26)13-4-6-17-16(9-13)22-19(24)10-27-17/h3-7,9,12H,8,10H2,1-2H3,(H,21,23)(H,22,24)/t12-/m0/s1. The number of sulfone groups is 1. The molecule has 148 valence electrons. The normalized spacial score (nSPS) is 14.8. The zero-order valence-corrected chi connectivity index (χ0v) is 18.5. The Morgan fingerprint density at radius 2 is 2.04 bits per heavy atom. The molecule has 28 heavy (non-hydrogen) atoms. The minimum Gasteiger partial charge on any atom is -0.325 e. The summed E-state index contributed by atoms with van der Waals surface area (Å²) < 4.78 is 26.5. The number of hydrogen-bond acceptors (Lipinski definition) is 5. The van der Waals surface area contributed by atoms with E-state index in [0.29, 0.717) is 17.1 Å². The van der Waals surface area contributed by atoms with Crippen molar-refractivity contribution in [3.8, 4) is 0 Å². The molecule has 6 nitrogen and oxygen atoms in total. The maximum Gasteiger partial charge on any atom is 0.234 e. The van der Waals surface area contributed by atoms with Crippen LogP contribution in [0.2, 0.25) is 0 Å². The lowest BCUT2D eigenvalue weighted by atomic mass is 10.2. The van der Waals surface area contributed by atoms with Crippen molar-refractivity contribution in [2.75, 3.05) is 16.4 Å². The van der Waals surface area contributed by atoms with Gasteiger partial charge in [0.1, 0.15) is 0 Å². The van der Waals surface area contributed by atoms with E-state index in [1.807, 2.05) is 19.1 Å². The number of aryl methyl sites for hydroxylation is 1. The first-order valence-electron chi connectivity index (χ1n) is 8.53. The first-order valence-corrected chi connectivity index (χ1v) is 11.9. The summed E-state index contributed by atoms with van der Waals surface area (Å²) in [5, 5.41) is 4.51. The molecular weight excluding hydrogens is 464 g/mol. The summed E-state index contributed by atoms with van der Waals surface area (Å²) in [7, 11) is -3.73. The van der Waals surface area contributed by atoms with E-state index < -0.39 is 15.1 Å². The van der Waals surface area contributed by atoms with Gasteiger partial charge in [0, 0.05) is 15.8 Å². The highest BCUT2D eigenvalue weighted by Crippen LogP contribution is 2.34. The van der Waals surface area contributed by atoms with Crippen LogP contribution >= 0.6 is 27.7 Å². The van der Waals surface area contributed by atoms with Crippen LogP contribution in [0.1, 0.15) is 18.9 Å². The third-order valence-corrected chi connectivity index (χ3v) is 8.18. The molecule has 0 radical (unpaired) electrons. The molecule has 0 fully saturated rings. The molecule has 0 aromatic heterocycles. The minimum atomic E-state index is -3.73. The third kappa shape index (κ3) is 4.59. The van der Waals surface area contributed by atoms with Crippen LogP contribution in [0.25, 0.3) is 0 Å². The summed E-state index contributed by atoms with van der Waals surface area (Å²) in [5.41, 5.74) is 2.12. The average molecular weight is 483 g/mol. The van der Waals surface area contributed by atoms with E-state index in [0.717, 1.165) is 14.9 Å². The zero-order valence-electron chi connectivity index (χ0n) is 15.3. The second-order valence-corrected chi connectivity index (χ2v) is 10.8. The van der Waals surface area contributed by atoms with Gasteiger partial charge in [-0.1, -0.05) is 6.07 Å². The number of thioether (sulfide) groups is 1. The molecule has 9 heteroatoms. The largest absolute Gasteiger partial charge is 0.325 e. The smallest absolute Gasteiger partial charge is 0.234 e. The maximum absolute atomic E-state index is 12.9. The number of benzene rings is 2. The molecule has 1 aliphatic heterocycles. The summed E-state index contributed by atoms with van der Waals surface area (Å²) in [6, 6.07) is 10.2. The van der Waals surface area contributed by atoms with Crippen LogP contribution in [-0.4, -0.2) is 31.2 Å². The Bertz CT molecular complexity index is 1050. The van der Waals surface area contributed by atoms with Gasteiger partial charge in [0.2, 0.25) is 11.8 Å². The fraction of sp³-hybridized carbons (Fsp3) is 0.263. The average Bonchev–Trinajstić information content (AvgIpc) is 2.63. The first kappa shape index (κ1) is 20.9. The van der Waals surface area contributed by atoms with E-state index in [-0.39, 0.29) is 23.1 Å². The van der Waals surface area contributed by atoms with Crippen LogP contribution < -0.4 is 10.6 Å². The Morgan fingerprint density at radius 1 is 1.29 bits per heavy atom. The van der Waals surface area contributed by atoms with Crippen molar-refractivity contribution in [3.63, 3.8) is 0 Å². The Morgan fingerprint density at radius 3 is 2.75 bits per heavy atom. The van der Waals surface area contributed by atoms with Crippen molar-refractivity contribution in [1.29, 1.82) is 0 Å². The van der Waals surface area contributed by atoms with Gasteiger partial charge in [-0.3, -0.25) is 9.59 Å². The van der Waals surface area contributed by atoms with Crippen LogP contribution in [0.3, 0.4) is 0 Å². The van der Waals surface area contributed by atoms with Crippen molar-refractivity contribution in [1.82, 2.24) is 0 Å². The van der Waals surface area contributed by atoms with E-state index in [1.165, 1.54) is 30.8 Å². The Kier molecular flexibility index (Phi) is 6.16. The van der Waals surface area contributed by atoms with E-state index in [1.54, 1.807) is 12.1 Å². The van der Waals surface area contributed by atoms with E-state index in [2.05, 4.69) is 26.6 Å². The van der Waals surface area contributed by atoms with Crippen molar-refractivity contribution >= 4 is 60.7 Å². The minimum absolute atomic E-state index is 0.0888. The molecule has 1 aliphatic rings. The van der Waals surface area contributed by atoms with Gasteiger partial charge in [-0.25, -0.2) is 8.42 Å². The number of anilines is 2. The lowest BCUT2D eigenvalue weighted by molar-refractivity contribution is -0.116. The van der Waals surface area contributed by atoms with Crippen molar-refractivity contribution in [2.45, 2.75) is 35.3 Å². The second kappa shape index (κ2) is 8.26. The first-order chi connectivity index (χ1) is 13.2. The molecule has 0 saturated carbocycles. The topological polar surface area (TPSA) is 92.3 Å². The number of rotatable bonds is 5. The molecule has 1 atom stereocenters. The number of hydrogen-bond donors (Lipinski definition) is 2. The van der Waals surface area contributed by atoms with Crippen LogP contribution in [0, 0.1) is 6.92 Å². The van der Waals surface area contributed by atoms with Crippen LogP contribution in [0.5, 0.6) is 0 Å². The fourth-order valence-corrected chi connectivity index (χ4v) is 5.52. The number of nitrogens with one attached hydrogen (secondary N) is 2. The molecule has 1 heterocycles. The lowest BCUT2D eigenvalue weighted by Crippen LogP contribution is -2.25. The molecule has 3 rings (SSSR count). The van der Waals surface area contributed by atoms with Crippen molar-refractivity contribution < 1.29 is 18.0 Å². The van der Waals surface area contributed by atoms with E-state index in [4.69, 9.17) is 0 Å². The molecule has 2 aromatic carbocycles. The number of fused-ring (bicyclic) bond motifs is 1. The second-order valence-electron chi connectivity index (χ2n) is 6.59. The lowest BCUT2D eigenvalue weighted by Gasteiger charge is -2.19. The number of carbonyl (C=O) groups is 2. The predicted octanol–water partition coefficient (Wildman–Crippen LogP) is 3.99.